The zero-order valence-corrected chi connectivity index (χ0v) is 9.70. The van der Waals surface area contributed by atoms with E-state index in [-0.39, 0.29) is 5.82 Å². The third kappa shape index (κ3) is 3.10. The van der Waals surface area contributed by atoms with Crippen LogP contribution in [0.15, 0.2) is 24.7 Å². The highest BCUT2D eigenvalue weighted by molar-refractivity contribution is 5.56. The first-order valence-corrected chi connectivity index (χ1v) is 5.59. The Morgan fingerprint density at radius 3 is 3.00 bits per heavy atom. The van der Waals surface area contributed by atoms with E-state index in [1.54, 1.807) is 12.4 Å². The van der Waals surface area contributed by atoms with Crippen molar-refractivity contribution < 1.29 is 4.39 Å². The van der Waals surface area contributed by atoms with Gasteiger partial charge in [0.25, 0.3) is 0 Å². The third-order valence-corrected chi connectivity index (χ3v) is 2.48. The molecule has 0 saturated carbocycles. The van der Waals surface area contributed by atoms with E-state index in [4.69, 9.17) is 0 Å². The number of hydrogen-bond donors (Lipinski definition) is 2. The summed E-state index contributed by atoms with van der Waals surface area (Å²) >= 11 is 0. The zero-order chi connectivity index (χ0) is 12.1. The minimum absolute atomic E-state index is 0.339. The number of aromatic amines is 1. The number of aryl methyl sites for hydroxylation is 1. The molecule has 0 aliphatic heterocycles. The first-order valence-electron chi connectivity index (χ1n) is 5.59. The molecule has 2 aromatic heterocycles. The molecule has 0 amide bonds. The number of H-pyrrole nitrogens is 1. The molecule has 2 aromatic rings. The van der Waals surface area contributed by atoms with Crippen LogP contribution in [0, 0.1) is 5.82 Å². The molecule has 2 N–H and O–H groups in total. The number of nitrogens with one attached hydrogen (secondary N) is 2. The molecule has 0 bridgehead atoms. The van der Waals surface area contributed by atoms with Gasteiger partial charge in [0, 0.05) is 18.2 Å². The maximum atomic E-state index is 13.0. The van der Waals surface area contributed by atoms with Gasteiger partial charge in [0.05, 0.1) is 18.1 Å². The standard InChI is InChI=1S/C12H15FN4/c1-14-4-2-3-12-16-8-11(17-12)9-5-10(13)7-15-6-9/h5-8,14H,2-4H2,1H3,(H,16,17). The van der Waals surface area contributed by atoms with Crippen LogP contribution in [0.4, 0.5) is 4.39 Å². The minimum atomic E-state index is -0.339. The maximum Gasteiger partial charge on any atom is 0.142 e. The van der Waals surface area contributed by atoms with Gasteiger partial charge in [0.2, 0.25) is 0 Å². The van der Waals surface area contributed by atoms with Crippen LogP contribution < -0.4 is 5.32 Å². The lowest BCUT2D eigenvalue weighted by atomic mass is 10.2. The smallest absolute Gasteiger partial charge is 0.142 e. The molecule has 0 radical (unpaired) electrons. The van der Waals surface area contributed by atoms with Crippen LogP contribution in [0.1, 0.15) is 12.2 Å². The molecular weight excluding hydrogens is 219 g/mol. The number of imidazole rings is 1. The van der Waals surface area contributed by atoms with Gasteiger partial charge in [-0.15, -0.1) is 0 Å². The van der Waals surface area contributed by atoms with E-state index in [1.807, 2.05) is 7.05 Å². The first kappa shape index (κ1) is 11.7. The predicted octanol–water partition coefficient (Wildman–Crippen LogP) is 1.76. The second-order valence-corrected chi connectivity index (χ2v) is 3.84. The number of rotatable bonds is 5. The lowest BCUT2D eigenvalue weighted by Crippen LogP contribution is -2.08. The Labute approximate surface area is 99.3 Å². The Kier molecular flexibility index (Phi) is 3.82. The number of halogens is 1. The molecule has 0 aromatic carbocycles. The Bertz CT molecular complexity index is 481. The SMILES string of the molecule is CNCCCc1ncc(-c2cncc(F)c2)[nH]1. The van der Waals surface area contributed by atoms with Gasteiger partial charge in [-0.2, -0.15) is 0 Å². The topological polar surface area (TPSA) is 53.6 Å². The van der Waals surface area contributed by atoms with Gasteiger partial charge in [-0.25, -0.2) is 9.37 Å². The van der Waals surface area contributed by atoms with Crippen LogP contribution in [-0.2, 0) is 6.42 Å². The summed E-state index contributed by atoms with van der Waals surface area (Å²) in [5.41, 5.74) is 1.52. The van der Waals surface area contributed by atoms with Crippen molar-refractivity contribution in [2.24, 2.45) is 0 Å². The van der Waals surface area contributed by atoms with E-state index >= 15 is 0 Å². The number of nitrogens with zero attached hydrogens (tertiary/aromatic N) is 2. The van der Waals surface area contributed by atoms with Gasteiger partial charge >= 0.3 is 0 Å². The van der Waals surface area contributed by atoms with Gasteiger partial charge in [0.1, 0.15) is 11.6 Å². The molecular formula is C12H15FN4. The minimum Gasteiger partial charge on any atom is -0.342 e. The Morgan fingerprint density at radius 2 is 2.24 bits per heavy atom. The average Bonchev–Trinajstić information content (AvgIpc) is 2.78. The summed E-state index contributed by atoms with van der Waals surface area (Å²) in [5.74, 6) is 0.577. The lowest BCUT2D eigenvalue weighted by molar-refractivity contribution is 0.622. The van der Waals surface area contributed by atoms with Gasteiger partial charge in [-0.3, -0.25) is 4.98 Å². The van der Waals surface area contributed by atoms with Crippen LogP contribution in [0.3, 0.4) is 0 Å². The van der Waals surface area contributed by atoms with Gasteiger partial charge < -0.3 is 10.3 Å². The summed E-state index contributed by atoms with van der Waals surface area (Å²) < 4.78 is 13.0. The average molecular weight is 234 g/mol. The summed E-state index contributed by atoms with van der Waals surface area (Å²) in [6.07, 6.45) is 6.42. The molecule has 0 unspecified atom stereocenters. The highest BCUT2D eigenvalue weighted by Gasteiger charge is 2.04. The van der Waals surface area contributed by atoms with Crippen molar-refractivity contribution in [3.63, 3.8) is 0 Å². The number of pyridine rings is 1. The highest BCUT2D eigenvalue weighted by Crippen LogP contribution is 2.16. The van der Waals surface area contributed by atoms with E-state index in [2.05, 4.69) is 20.3 Å². The molecule has 90 valence electrons. The van der Waals surface area contributed by atoms with E-state index in [9.17, 15) is 4.39 Å². The van der Waals surface area contributed by atoms with Crippen LogP contribution in [-0.4, -0.2) is 28.5 Å². The van der Waals surface area contributed by atoms with Crippen molar-refractivity contribution in [3.05, 3.63) is 36.3 Å². The lowest BCUT2D eigenvalue weighted by Gasteiger charge is -1.98. The molecule has 17 heavy (non-hydrogen) atoms. The fraction of sp³-hybridized carbons (Fsp3) is 0.333. The Balaban J connectivity index is 2.07. The normalized spacial score (nSPS) is 10.7. The van der Waals surface area contributed by atoms with Gasteiger partial charge in [-0.05, 0) is 26.1 Å². The van der Waals surface area contributed by atoms with Crippen molar-refractivity contribution in [2.45, 2.75) is 12.8 Å². The van der Waals surface area contributed by atoms with Crippen molar-refractivity contribution in [1.29, 1.82) is 0 Å². The van der Waals surface area contributed by atoms with E-state index in [1.165, 1.54) is 12.3 Å². The van der Waals surface area contributed by atoms with Gasteiger partial charge in [-0.1, -0.05) is 0 Å². The van der Waals surface area contributed by atoms with Crippen molar-refractivity contribution in [1.82, 2.24) is 20.3 Å². The second-order valence-electron chi connectivity index (χ2n) is 3.84. The first-order chi connectivity index (χ1) is 8.29. The predicted molar refractivity (Wildman–Crippen MR) is 64.0 cm³/mol. The second kappa shape index (κ2) is 5.54. The monoisotopic (exact) mass is 234 g/mol. The molecule has 5 heteroatoms. The summed E-state index contributed by atoms with van der Waals surface area (Å²) in [5, 5.41) is 3.08. The van der Waals surface area contributed by atoms with Crippen LogP contribution >= 0.6 is 0 Å². The molecule has 0 atom stereocenters. The van der Waals surface area contributed by atoms with Crippen molar-refractivity contribution >= 4 is 0 Å². The molecule has 0 spiro atoms. The largest absolute Gasteiger partial charge is 0.342 e. The van der Waals surface area contributed by atoms with Crippen LogP contribution in [0.25, 0.3) is 11.3 Å². The quantitative estimate of drug-likeness (QED) is 0.775. The summed E-state index contributed by atoms with van der Waals surface area (Å²) in [4.78, 5) is 11.2. The van der Waals surface area contributed by atoms with Crippen LogP contribution in [0.2, 0.25) is 0 Å². The fourth-order valence-electron chi connectivity index (χ4n) is 1.63. The van der Waals surface area contributed by atoms with Crippen molar-refractivity contribution in [3.8, 4) is 11.3 Å². The Morgan fingerprint density at radius 1 is 1.35 bits per heavy atom. The molecule has 4 nitrogen and oxygen atoms in total. The molecule has 0 fully saturated rings. The molecule has 2 rings (SSSR count). The zero-order valence-electron chi connectivity index (χ0n) is 9.70. The highest BCUT2D eigenvalue weighted by atomic mass is 19.1. The van der Waals surface area contributed by atoms with Crippen LogP contribution in [0.5, 0.6) is 0 Å². The molecule has 0 aliphatic carbocycles. The fourth-order valence-corrected chi connectivity index (χ4v) is 1.63. The molecule has 2 heterocycles. The maximum absolute atomic E-state index is 13.0. The summed E-state index contributed by atoms with van der Waals surface area (Å²) in [6.45, 7) is 0.956. The van der Waals surface area contributed by atoms with E-state index < -0.39 is 0 Å². The third-order valence-electron chi connectivity index (χ3n) is 2.48. The number of aromatic nitrogens is 3. The Hall–Kier alpha value is -1.75. The number of hydrogen-bond acceptors (Lipinski definition) is 3. The van der Waals surface area contributed by atoms with E-state index in [0.717, 1.165) is 36.5 Å². The summed E-state index contributed by atoms with van der Waals surface area (Å²) in [7, 11) is 1.92. The van der Waals surface area contributed by atoms with E-state index in [0.29, 0.717) is 0 Å². The van der Waals surface area contributed by atoms with Gasteiger partial charge in [0.15, 0.2) is 0 Å². The van der Waals surface area contributed by atoms with Crippen molar-refractivity contribution in [2.75, 3.05) is 13.6 Å². The summed E-state index contributed by atoms with van der Waals surface area (Å²) in [6, 6.07) is 1.44. The molecule has 0 saturated heterocycles. The molecule has 0 aliphatic rings.